The molecule has 106 valence electrons. The molecule has 0 atom stereocenters. The van der Waals surface area contributed by atoms with Gasteiger partial charge in [0.25, 0.3) is 0 Å². The van der Waals surface area contributed by atoms with Crippen molar-refractivity contribution in [2.75, 3.05) is 5.75 Å². The molecular formula is C13H14N2O4S. The minimum Gasteiger partial charge on any atom is -0.481 e. The Morgan fingerprint density at radius 3 is 2.40 bits per heavy atom. The number of aliphatic carboxylic acids is 1. The predicted octanol–water partition coefficient (Wildman–Crippen LogP) is 1.34. The summed E-state index contributed by atoms with van der Waals surface area (Å²) in [4.78, 5) is 10.6. The van der Waals surface area contributed by atoms with Crippen LogP contribution in [0.15, 0.2) is 41.4 Å². The van der Waals surface area contributed by atoms with Crippen LogP contribution in [0.1, 0.15) is 6.42 Å². The SMILES string of the molecule is Cn1nccc1-c1ccc(S(=O)(=O)CCC(=O)O)cc1. The Hall–Kier alpha value is -2.15. The molecule has 0 aliphatic carbocycles. The molecule has 0 aliphatic rings. The summed E-state index contributed by atoms with van der Waals surface area (Å²) in [7, 11) is -1.76. The van der Waals surface area contributed by atoms with Gasteiger partial charge in [0, 0.05) is 13.2 Å². The van der Waals surface area contributed by atoms with Crippen molar-refractivity contribution in [2.45, 2.75) is 11.3 Å². The molecule has 0 saturated heterocycles. The maximum atomic E-state index is 11.9. The van der Waals surface area contributed by atoms with Gasteiger partial charge in [0.05, 0.1) is 22.8 Å². The van der Waals surface area contributed by atoms with Gasteiger partial charge >= 0.3 is 5.97 Å². The number of hydrogen-bond donors (Lipinski definition) is 1. The first-order valence-corrected chi connectivity index (χ1v) is 7.58. The summed E-state index contributed by atoms with van der Waals surface area (Å²) in [5, 5.41) is 12.6. The number of carbonyl (C=O) groups is 1. The maximum Gasteiger partial charge on any atom is 0.304 e. The minimum absolute atomic E-state index is 0.129. The van der Waals surface area contributed by atoms with E-state index in [1.54, 1.807) is 30.1 Å². The van der Waals surface area contributed by atoms with Crippen molar-refractivity contribution < 1.29 is 18.3 Å². The third-order valence-electron chi connectivity index (χ3n) is 2.91. The molecule has 0 aliphatic heterocycles. The van der Waals surface area contributed by atoms with Crippen LogP contribution < -0.4 is 0 Å². The second-order valence-electron chi connectivity index (χ2n) is 4.33. The molecule has 1 aromatic heterocycles. The zero-order chi connectivity index (χ0) is 14.8. The number of carboxylic acids is 1. The highest BCUT2D eigenvalue weighted by Crippen LogP contribution is 2.21. The third kappa shape index (κ3) is 3.05. The van der Waals surface area contributed by atoms with Crippen molar-refractivity contribution in [2.24, 2.45) is 7.05 Å². The molecule has 1 aromatic carbocycles. The van der Waals surface area contributed by atoms with E-state index in [0.29, 0.717) is 0 Å². The lowest BCUT2D eigenvalue weighted by Gasteiger charge is -2.05. The second kappa shape index (κ2) is 5.46. The van der Waals surface area contributed by atoms with E-state index in [0.717, 1.165) is 11.3 Å². The molecule has 20 heavy (non-hydrogen) atoms. The molecule has 0 saturated carbocycles. The Balaban J connectivity index is 2.24. The van der Waals surface area contributed by atoms with Crippen LogP contribution >= 0.6 is 0 Å². The highest BCUT2D eigenvalue weighted by Gasteiger charge is 2.16. The van der Waals surface area contributed by atoms with E-state index in [4.69, 9.17) is 5.11 Å². The van der Waals surface area contributed by atoms with Gasteiger partial charge in [0.2, 0.25) is 0 Å². The van der Waals surface area contributed by atoms with Crippen LogP contribution in [-0.4, -0.2) is 35.0 Å². The molecule has 1 heterocycles. The van der Waals surface area contributed by atoms with Crippen LogP contribution in [0.25, 0.3) is 11.3 Å². The minimum atomic E-state index is -3.55. The Kier molecular flexibility index (Phi) is 3.89. The van der Waals surface area contributed by atoms with E-state index in [1.165, 1.54) is 12.1 Å². The zero-order valence-electron chi connectivity index (χ0n) is 10.9. The van der Waals surface area contributed by atoms with Gasteiger partial charge in [-0.25, -0.2) is 8.42 Å². The number of carboxylic acid groups (broad SMARTS) is 1. The van der Waals surface area contributed by atoms with Gasteiger partial charge in [-0.3, -0.25) is 9.48 Å². The van der Waals surface area contributed by atoms with Crippen LogP contribution in [0.2, 0.25) is 0 Å². The first-order chi connectivity index (χ1) is 9.40. The summed E-state index contributed by atoms with van der Waals surface area (Å²) in [5.74, 6) is -1.52. The summed E-state index contributed by atoms with van der Waals surface area (Å²) >= 11 is 0. The fraction of sp³-hybridized carbons (Fsp3) is 0.231. The Morgan fingerprint density at radius 2 is 1.90 bits per heavy atom. The van der Waals surface area contributed by atoms with E-state index >= 15 is 0 Å². The standard InChI is InChI=1S/C13H14N2O4S/c1-15-12(6-8-14-15)10-2-4-11(5-3-10)20(18,19)9-7-13(16)17/h2-6,8H,7,9H2,1H3,(H,16,17). The number of nitrogens with zero attached hydrogens (tertiary/aromatic N) is 2. The van der Waals surface area contributed by atoms with Crippen molar-refractivity contribution in [3.05, 3.63) is 36.5 Å². The summed E-state index contributed by atoms with van der Waals surface area (Å²) < 4.78 is 25.5. The van der Waals surface area contributed by atoms with Crippen molar-refractivity contribution in [1.82, 2.24) is 9.78 Å². The Labute approximate surface area is 116 Å². The predicted molar refractivity (Wildman–Crippen MR) is 72.9 cm³/mol. The van der Waals surface area contributed by atoms with E-state index < -0.39 is 28.0 Å². The van der Waals surface area contributed by atoms with Crippen molar-refractivity contribution >= 4 is 15.8 Å². The highest BCUT2D eigenvalue weighted by atomic mass is 32.2. The van der Waals surface area contributed by atoms with Gasteiger partial charge < -0.3 is 5.11 Å². The number of hydrogen-bond acceptors (Lipinski definition) is 4. The number of aromatic nitrogens is 2. The van der Waals surface area contributed by atoms with Crippen LogP contribution in [0.3, 0.4) is 0 Å². The number of benzene rings is 1. The fourth-order valence-electron chi connectivity index (χ4n) is 1.83. The summed E-state index contributed by atoms with van der Waals surface area (Å²) in [6.45, 7) is 0. The molecule has 2 rings (SSSR count). The first kappa shape index (κ1) is 14.3. The monoisotopic (exact) mass is 294 g/mol. The molecule has 1 N–H and O–H groups in total. The lowest BCUT2D eigenvalue weighted by atomic mass is 10.1. The van der Waals surface area contributed by atoms with Crippen LogP contribution in [0.5, 0.6) is 0 Å². The fourth-order valence-corrected chi connectivity index (χ4v) is 3.06. The topological polar surface area (TPSA) is 89.3 Å². The lowest BCUT2D eigenvalue weighted by molar-refractivity contribution is -0.136. The average molecular weight is 294 g/mol. The zero-order valence-corrected chi connectivity index (χ0v) is 11.7. The van der Waals surface area contributed by atoms with Crippen LogP contribution in [0, 0.1) is 0 Å². The highest BCUT2D eigenvalue weighted by molar-refractivity contribution is 7.91. The van der Waals surface area contributed by atoms with Crippen LogP contribution in [0.4, 0.5) is 0 Å². The molecule has 0 radical (unpaired) electrons. The lowest BCUT2D eigenvalue weighted by Crippen LogP contribution is -2.10. The Morgan fingerprint density at radius 1 is 1.25 bits per heavy atom. The maximum absolute atomic E-state index is 11.9. The van der Waals surface area contributed by atoms with Gasteiger partial charge in [0.15, 0.2) is 9.84 Å². The number of rotatable bonds is 5. The van der Waals surface area contributed by atoms with Crippen molar-refractivity contribution in [3.63, 3.8) is 0 Å². The second-order valence-corrected chi connectivity index (χ2v) is 6.44. The van der Waals surface area contributed by atoms with E-state index in [2.05, 4.69) is 5.10 Å². The quantitative estimate of drug-likeness (QED) is 0.898. The molecular weight excluding hydrogens is 280 g/mol. The van der Waals surface area contributed by atoms with E-state index in [9.17, 15) is 13.2 Å². The molecule has 0 unspecified atom stereocenters. The van der Waals surface area contributed by atoms with E-state index in [-0.39, 0.29) is 4.90 Å². The molecule has 0 spiro atoms. The molecule has 7 heteroatoms. The Bertz CT molecular complexity index is 717. The molecule has 0 bridgehead atoms. The smallest absolute Gasteiger partial charge is 0.304 e. The molecule has 0 fully saturated rings. The van der Waals surface area contributed by atoms with Gasteiger partial charge in [-0.05, 0) is 23.8 Å². The summed E-state index contributed by atoms with van der Waals surface area (Å²) in [6, 6.07) is 8.17. The molecule has 2 aromatic rings. The third-order valence-corrected chi connectivity index (χ3v) is 4.65. The van der Waals surface area contributed by atoms with Crippen molar-refractivity contribution in [3.8, 4) is 11.3 Å². The van der Waals surface area contributed by atoms with Crippen molar-refractivity contribution in [1.29, 1.82) is 0 Å². The van der Waals surface area contributed by atoms with Gasteiger partial charge in [-0.15, -0.1) is 0 Å². The van der Waals surface area contributed by atoms with Gasteiger partial charge in [-0.2, -0.15) is 5.10 Å². The first-order valence-electron chi connectivity index (χ1n) is 5.93. The van der Waals surface area contributed by atoms with Crippen LogP contribution in [-0.2, 0) is 21.7 Å². The van der Waals surface area contributed by atoms with Gasteiger partial charge in [-0.1, -0.05) is 12.1 Å². The van der Waals surface area contributed by atoms with Gasteiger partial charge in [0.1, 0.15) is 0 Å². The summed E-state index contributed by atoms with van der Waals surface area (Å²) in [6.07, 6.45) is 1.26. The number of aryl methyl sites for hydroxylation is 1. The number of sulfone groups is 1. The normalized spacial score (nSPS) is 11.4. The average Bonchev–Trinajstić information content (AvgIpc) is 2.83. The summed E-state index contributed by atoms with van der Waals surface area (Å²) in [5.41, 5.74) is 1.72. The largest absolute Gasteiger partial charge is 0.481 e. The molecule has 6 nitrogen and oxygen atoms in total. The molecule has 0 amide bonds. The van der Waals surface area contributed by atoms with E-state index in [1.807, 2.05) is 6.07 Å².